The predicted molar refractivity (Wildman–Crippen MR) is 91.5 cm³/mol. The molecule has 2 aromatic rings. The van der Waals surface area contributed by atoms with Crippen molar-refractivity contribution in [3.8, 4) is 5.69 Å². The third-order valence-electron chi connectivity index (χ3n) is 4.18. The van der Waals surface area contributed by atoms with E-state index in [4.69, 9.17) is 0 Å². The number of halogens is 5. The number of para-hydroxylation sites is 1. The van der Waals surface area contributed by atoms with E-state index in [1.807, 2.05) is 0 Å². The minimum atomic E-state index is -4.93. The van der Waals surface area contributed by atoms with Gasteiger partial charge >= 0.3 is 6.18 Å². The molecule has 6 nitrogen and oxygen atoms in total. The number of benzene rings is 1. The zero-order chi connectivity index (χ0) is 18.7. The SMILES string of the molecule is Cl.O=C(NCC1CCCNC1)c1nnn(-c2ccccc2F)c1C(F)(F)F. The van der Waals surface area contributed by atoms with Crippen LogP contribution in [-0.4, -0.2) is 40.5 Å². The van der Waals surface area contributed by atoms with E-state index in [0.29, 0.717) is 11.2 Å². The Morgan fingerprint density at radius 2 is 2.07 bits per heavy atom. The highest BCUT2D eigenvalue weighted by Crippen LogP contribution is 2.33. The largest absolute Gasteiger partial charge is 0.435 e. The van der Waals surface area contributed by atoms with E-state index in [0.717, 1.165) is 31.5 Å². The Morgan fingerprint density at radius 1 is 1.33 bits per heavy atom. The second-order valence-electron chi connectivity index (χ2n) is 6.07. The molecule has 148 valence electrons. The van der Waals surface area contributed by atoms with Gasteiger partial charge in [-0.25, -0.2) is 9.07 Å². The lowest BCUT2D eigenvalue weighted by molar-refractivity contribution is -0.143. The molecule has 1 aromatic carbocycles. The Kier molecular flexibility index (Phi) is 6.77. The predicted octanol–water partition coefficient (Wildman–Crippen LogP) is 2.58. The highest BCUT2D eigenvalue weighted by molar-refractivity contribution is 5.93. The molecule has 1 aliphatic rings. The number of rotatable bonds is 4. The van der Waals surface area contributed by atoms with Gasteiger partial charge in [-0.3, -0.25) is 4.79 Å². The number of amides is 1. The van der Waals surface area contributed by atoms with Crippen molar-refractivity contribution in [3.05, 3.63) is 41.5 Å². The Bertz CT molecular complexity index is 789. The summed E-state index contributed by atoms with van der Waals surface area (Å²) in [5.74, 6) is -1.74. The van der Waals surface area contributed by atoms with Crippen molar-refractivity contribution in [2.24, 2.45) is 5.92 Å². The lowest BCUT2D eigenvalue weighted by Gasteiger charge is -2.22. The lowest BCUT2D eigenvalue weighted by Crippen LogP contribution is -2.38. The van der Waals surface area contributed by atoms with Crippen molar-refractivity contribution >= 4 is 18.3 Å². The van der Waals surface area contributed by atoms with Gasteiger partial charge in [0.1, 0.15) is 11.5 Å². The lowest BCUT2D eigenvalue weighted by atomic mass is 10.00. The van der Waals surface area contributed by atoms with Gasteiger partial charge in [0.05, 0.1) is 0 Å². The van der Waals surface area contributed by atoms with Gasteiger partial charge < -0.3 is 10.6 Å². The minimum Gasteiger partial charge on any atom is -0.350 e. The zero-order valence-corrected chi connectivity index (χ0v) is 14.9. The molecule has 0 bridgehead atoms. The van der Waals surface area contributed by atoms with Crippen LogP contribution in [0, 0.1) is 11.7 Å². The summed E-state index contributed by atoms with van der Waals surface area (Å²) in [6.45, 7) is 1.81. The molecule has 11 heteroatoms. The number of nitrogens with zero attached hydrogens (tertiary/aromatic N) is 3. The first-order valence-corrected chi connectivity index (χ1v) is 8.14. The topological polar surface area (TPSA) is 71.8 Å². The van der Waals surface area contributed by atoms with E-state index < -0.39 is 35.0 Å². The van der Waals surface area contributed by atoms with Crippen molar-refractivity contribution < 1.29 is 22.4 Å². The minimum absolute atomic E-state index is 0. The molecule has 1 unspecified atom stereocenters. The number of hydrogen-bond acceptors (Lipinski definition) is 4. The molecule has 3 rings (SSSR count). The van der Waals surface area contributed by atoms with Crippen LogP contribution < -0.4 is 10.6 Å². The van der Waals surface area contributed by atoms with Crippen LogP contribution >= 0.6 is 12.4 Å². The Balaban J connectivity index is 0.00000261. The van der Waals surface area contributed by atoms with Crippen LogP contribution in [0.2, 0.25) is 0 Å². The van der Waals surface area contributed by atoms with E-state index in [1.165, 1.54) is 12.1 Å². The van der Waals surface area contributed by atoms with Gasteiger partial charge in [0, 0.05) is 6.54 Å². The normalized spacial score (nSPS) is 17.3. The second-order valence-corrected chi connectivity index (χ2v) is 6.07. The molecule has 1 aromatic heterocycles. The van der Waals surface area contributed by atoms with Crippen molar-refractivity contribution in [2.75, 3.05) is 19.6 Å². The van der Waals surface area contributed by atoms with Gasteiger partial charge in [0.2, 0.25) is 0 Å². The molecule has 1 aliphatic heterocycles. The van der Waals surface area contributed by atoms with Crippen LogP contribution in [0.5, 0.6) is 0 Å². The molecule has 2 heterocycles. The van der Waals surface area contributed by atoms with Crippen LogP contribution in [0.4, 0.5) is 17.6 Å². The number of alkyl halides is 3. The fourth-order valence-corrected chi connectivity index (χ4v) is 2.90. The van der Waals surface area contributed by atoms with Gasteiger partial charge in [-0.05, 0) is 44.0 Å². The maximum absolute atomic E-state index is 13.9. The summed E-state index contributed by atoms with van der Waals surface area (Å²) in [5, 5.41) is 12.4. The van der Waals surface area contributed by atoms with E-state index in [2.05, 4.69) is 20.9 Å². The van der Waals surface area contributed by atoms with Crippen LogP contribution in [0.1, 0.15) is 29.0 Å². The molecular weight excluding hydrogens is 390 g/mol. The summed E-state index contributed by atoms with van der Waals surface area (Å²) in [7, 11) is 0. The first-order chi connectivity index (χ1) is 12.4. The maximum atomic E-state index is 13.9. The van der Waals surface area contributed by atoms with Gasteiger partial charge in [0.25, 0.3) is 5.91 Å². The number of aromatic nitrogens is 3. The standard InChI is InChI=1S/C16H17F4N5O.ClH/c17-11-5-1-2-6-12(11)25-14(16(18,19)20)13(23-24-25)15(26)22-9-10-4-3-7-21-8-10;/h1-2,5-6,10,21H,3-4,7-9H2,(H,22,26);1H. The molecule has 2 N–H and O–H groups in total. The summed E-state index contributed by atoms with van der Waals surface area (Å²) in [4.78, 5) is 12.2. The molecule has 0 saturated carbocycles. The third-order valence-corrected chi connectivity index (χ3v) is 4.18. The molecule has 1 amide bonds. The average Bonchev–Trinajstić information content (AvgIpc) is 3.06. The first kappa shape index (κ1) is 21.1. The molecule has 1 atom stereocenters. The first-order valence-electron chi connectivity index (χ1n) is 8.14. The van der Waals surface area contributed by atoms with Crippen molar-refractivity contribution in [1.29, 1.82) is 0 Å². The molecule has 0 radical (unpaired) electrons. The number of nitrogens with one attached hydrogen (secondary N) is 2. The highest BCUT2D eigenvalue weighted by Gasteiger charge is 2.42. The second kappa shape index (κ2) is 8.66. The Labute approximate surface area is 158 Å². The number of carbonyl (C=O) groups is 1. The fraction of sp³-hybridized carbons (Fsp3) is 0.438. The average molecular weight is 408 g/mol. The van der Waals surface area contributed by atoms with E-state index in [-0.39, 0.29) is 24.9 Å². The Hall–Kier alpha value is -2.20. The summed E-state index contributed by atoms with van der Waals surface area (Å²) in [6.07, 6.45) is -3.11. The Morgan fingerprint density at radius 3 is 2.70 bits per heavy atom. The maximum Gasteiger partial charge on any atom is 0.435 e. The van der Waals surface area contributed by atoms with E-state index >= 15 is 0 Å². The fourth-order valence-electron chi connectivity index (χ4n) is 2.90. The summed E-state index contributed by atoms with van der Waals surface area (Å²) in [5.41, 5.74) is -2.70. The van der Waals surface area contributed by atoms with Crippen LogP contribution in [0.15, 0.2) is 24.3 Å². The molecule has 1 fully saturated rings. The van der Waals surface area contributed by atoms with Gasteiger partial charge in [-0.1, -0.05) is 17.3 Å². The summed E-state index contributed by atoms with van der Waals surface area (Å²) in [6, 6.07) is 4.85. The van der Waals surface area contributed by atoms with Gasteiger partial charge in [-0.15, -0.1) is 17.5 Å². The summed E-state index contributed by atoms with van der Waals surface area (Å²) >= 11 is 0. The number of hydrogen-bond donors (Lipinski definition) is 2. The highest BCUT2D eigenvalue weighted by atomic mass is 35.5. The smallest absolute Gasteiger partial charge is 0.350 e. The molecular formula is C16H18ClF4N5O. The van der Waals surface area contributed by atoms with Crippen molar-refractivity contribution in [1.82, 2.24) is 25.6 Å². The van der Waals surface area contributed by atoms with E-state index in [1.54, 1.807) is 0 Å². The van der Waals surface area contributed by atoms with Crippen LogP contribution in [0.25, 0.3) is 5.69 Å². The molecule has 27 heavy (non-hydrogen) atoms. The van der Waals surface area contributed by atoms with Crippen LogP contribution in [-0.2, 0) is 6.18 Å². The van der Waals surface area contributed by atoms with Crippen molar-refractivity contribution in [2.45, 2.75) is 19.0 Å². The van der Waals surface area contributed by atoms with E-state index in [9.17, 15) is 22.4 Å². The summed E-state index contributed by atoms with van der Waals surface area (Å²) < 4.78 is 54.7. The molecule has 0 aliphatic carbocycles. The van der Waals surface area contributed by atoms with Gasteiger partial charge in [0.15, 0.2) is 11.4 Å². The quantitative estimate of drug-likeness (QED) is 0.764. The number of carbonyl (C=O) groups excluding carboxylic acids is 1. The number of piperidine rings is 1. The third kappa shape index (κ3) is 4.75. The molecule has 0 spiro atoms. The van der Waals surface area contributed by atoms with Gasteiger partial charge in [-0.2, -0.15) is 13.2 Å². The molecule has 1 saturated heterocycles. The van der Waals surface area contributed by atoms with Crippen LogP contribution in [0.3, 0.4) is 0 Å². The van der Waals surface area contributed by atoms with Crippen molar-refractivity contribution in [3.63, 3.8) is 0 Å². The monoisotopic (exact) mass is 407 g/mol. The zero-order valence-electron chi connectivity index (χ0n) is 14.1.